The topological polar surface area (TPSA) is 143 Å². The van der Waals surface area contributed by atoms with Gasteiger partial charge < -0.3 is 30.5 Å². The number of hydrogen-bond acceptors (Lipinski definition) is 7. The lowest BCUT2D eigenvalue weighted by Gasteiger charge is -2.20. The van der Waals surface area contributed by atoms with Crippen molar-refractivity contribution in [3.05, 3.63) is 97.1 Å². The number of carbonyl (C=O) groups is 4. The van der Waals surface area contributed by atoms with Crippen LogP contribution in [0.5, 0.6) is 0 Å². The van der Waals surface area contributed by atoms with Crippen molar-refractivity contribution in [3.63, 3.8) is 0 Å². The van der Waals surface area contributed by atoms with Crippen LogP contribution in [0.1, 0.15) is 30.4 Å². The molecule has 0 unspecified atom stereocenters. The van der Waals surface area contributed by atoms with Crippen molar-refractivity contribution in [2.75, 3.05) is 19.8 Å². The summed E-state index contributed by atoms with van der Waals surface area (Å²) in [5.41, 5.74) is 1.77. The summed E-state index contributed by atoms with van der Waals surface area (Å²) in [6, 6.07) is 17.1. The number of rotatable bonds is 18. The van der Waals surface area contributed by atoms with Crippen LogP contribution in [-0.4, -0.2) is 60.8 Å². The number of nitrogens with one attached hydrogen (secondary N) is 3. The lowest BCUT2D eigenvalue weighted by atomic mass is 9.99. The molecule has 0 spiro atoms. The Kier molecular flexibility index (Phi) is 15.0. The lowest BCUT2D eigenvalue weighted by molar-refractivity contribution is -0.146. The molecule has 0 aliphatic carbocycles. The zero-order valence-corrected chi connectivity index (χ0v) is 23.1. The highest BCUT2D eigenvalue weighted by atomic mass is 16.6. The zero-order valence-electron chi connectivity index (χ0n) is 23.1. The number of hydrogen-bond donors (Lipinski definition) is 4. The van der Waals surface area contributed by atoms with Gasteiger partial charge in [-0.15, -0.1) is 13.2 Å². The summed E-state index contributed by atoms with van der Waals surface area (Å²) in [5.74, 6) is -2.16. The molecule has 0 radical (unpaired) electrons. The van der Waals surface area contributed by atoms with Crippen molar-refractivity contribution in [1.82, 2.24) is 16.0 Å². The van der Waals surface area contributed by atoms with Crippen molar-refractivity contribution < 1.29 is 33.8 Å². The van der Waals surface area contributed by atoms with Crippen LogP contribution in [0.15, 0.2) is 86.0 Å². The normalized spacial score (nSPS) is 12.6. The summed E-state index contributed by atoms with van der Waals surface area (Å²) in [7, 11) is 0. The Morgan fingerprint density at radius 3 is 2.10 bits per heavy atom. The molecule has 220 valence electrons. The number of aliphatic hydroxyl groups is 1. The van der Waals surface area contributed by atoms with Gasteiger partial charge in [-0.3, -0.25) is 9.59 Å². The number of ether oxygens (including phenoxy) is 2. The van der Waals surface area contributed by atoms with Crippen LogP contribution in [0.4, 0.5) is 4.79 Å². The van der Waals surface area contributed by atoms with E-state index in [0.717, 1.165) is 11.1 Å². The molecule has 0 saturated carbocycles. The predicted octanol–water partition coefficient (Wildman–Crippen LogP) is 2.82. The molecule has 10 heteroatoms. The minimum absolute atomic E-state index is 0.00632. The summed E-state index contributed by atoms with van der Waals surface area (Å²) in [6.45, 7) is 6.93. The van der Waals surface area contributed by atoms with Crippen LogP contribution >= 0.6 is 0 Å². The van der Waals surface area contributed by atoms with Crippen LogP contribution in [0.2, 0.25) is 0 Å². The molecular formula is C31H39N3O7. The van der Waals surface area contributed by atoms with Gasteiger partial charge >= 0.3 is 12.1 Å². The fourth-order valence-electron chi connectivity index (χ4n) is 3.91. The summed E-state index contributed by atoms with van der Waals surface area (Å²) >= 11 is 0. The highest BCUT2D eigenvalue weighted by Crippen LogP contribution is 2.11. The Bertz CT molecular complexity index is 1130. The van der Waals surface area contributed by atoms with E-state index in [-0.39, 0.29) is 51.5 Å². The number of alkyl carbamates (subject to hydrolysis) is 1. The Morgan fingerprint density at radius 1 is 0.854 bits per heavy atom. The molecule has 0 fully saturated rings. The van der Waals surface area contributed by atoms with Gasteiger partial charge in [-0.2, -0.15) is 0 Å². The van der Waals surface area contributed by atoms with Crippen molar-refractivity contribution >= 4 is 23.9 Å². The summed E-state index contributed by atoms with van der Waals surface area (Å²) in [6.07, 6.45) is 2.99. The van der Waals surface area contributed by atoms with Crippen LogP contribution in [-0.2, 0) is 36.9 Å². The smallest absolute Gasteiger partial charge is 0.408 e. The number of allylic oxidation sites excluding steroid dienone is 1. The van der Waals surface area contributed by atoms with Gasteiger partial charge in [0.05, 0.1) is 25.1 Å². The number of esters is 1. The van der Waals surface area contributed by atoms with E-state index < -0.39 is 36.0 Å². The summed E-state index contributed by atoms with van der Waals surface area (Å²) in [5, 5.41) is 17.6. The molecule has 2 aromatic carbocycles. The Hall–Kier alpha value is -4.44. The van der Waals surface area contributed by atoms with Crippen LogP contribution in [0.3, 0.4) is 0 Å². The van der Waals surface area contributed by atoms with Crippen molar-refractivity contribution in [3.8, 4) is 0 Å². The molecule has 0 bridgehead atoms. The van der Waals surface area contributed by atoms with E-state index in [0.29, 0.717) is 6.42 Å². The number of amides is 3. The van der Waals surface area contributed by atoms with E-state index in [4.69, 9.17) is 9.47 Å². The third kappa shape index (κ3) is 13.0. The van der Waals surface area contributed by atoms with E-state index >= 15 is 0 Å². The average molecular weight is 566 g/mol. The molecule has 3 atom stereocenters. The molecule has 0 aromatic heterocycles. The number of benzene rings is 2. The zero-order chi connectivity index (χ0) is 29.9. The monoisotopic (exact) mass is 565 g/mol. The van der Waals surface area contributed by atoms with Gasteiger partial charge in [-0.25, -0.2) is 9.59 Å². The summed E-state index contributed by atoms with van der Waals surface area (Å²) < 4.78 is 10.4. The maximum absolute atomic E-state index is 12.7. The van der Waals surface area contributed by atoms with Crippen LogP contribution in [0, 0.1) is 5.92 Å². The van der Waals surface area contributed by atoms with Crippen LogP contribution < -0.4 is 16.0 Å². The van der Waals surface area contributed by atoms with Gasteiger partial charge in [0.2, 0.25) is 11.8 Å². The molecule has 0 aliphatic rings. The first-order valence-electron chi connectivity index (χ1n) is 13.4. The van der Waals surface area contributed by atoms with Gasteiger partial charge in [0, 0.05) is 6.42 Å². The third-order valence-corrected chi connectivity index (χ3v) is 6.00. The second kappa shape index (κ2) is 18.8. The molecule has 10 nitrogen and oxygen atoms in total. The van der Waals surface area contributed by atoms with E-state index in [1.165, 1.54) is 6.08 Å². The molecule has 0 aliphatic heterocycles. The average Bonchev–Trinajstić information content (AvgIpc) is 2.98. The van der Waals surface area contributed by atoms with Crippen molar-refractivity contribution in [2.45, 2.75) is 44.4 Å². The number of carbonyl (C=O) groups excluding carboxylic acids is 4. The molecule has 2 rings (SSSR count). The predicted molar refractivity (Wildman–Crippen MR) is 154 cm³/mol. The standard InChI is InChI=1S/C31H39N3O7/c1-3-11-25(20-28(36)33-26(21-35)19-23-13-7-5-8-14-23)29(37)32-17-18-40-30(38)27(12-4-2)34-31(39)41-22-24-15-9-6-10-16-24/h3-10,13-16,25-27,35H,1-2,11-12,17-22H2,(H,32,37)(H,33,36)(H,34,39)/t25-,26-,27-/m1/s1. The van der Waals surface area contributed by atoms with E-state index in [9.17, 15) is 24.3 Å². The molecule has 4 N–H and O–H groups in total. The first-order valence-corrected chi connectivity index (χ1v) is 13.4. The highest BCUT2D eigenvalue weighted by Gasteiger charge is 2.24. The first kappa shape index (κ1) is 32.8. The Labute approximate surface area is 240 Å². The maximum Gasteiger partial charge on any atom is 0.408 e. The molecule has 41 heavy (non-hydrogen) atoms. The highest BCUT2D eigenvalue weighted by molar-refractivity contribution is 5.86. The molecule has 2 aromatic rings. The molecular weight excluding hydrogens is 526 g/mol. The first-order chi connectivity index (χ1) is 19.9. The van der Waals surface area contributed by atoms with Gasteiger partial charge in [0.15, 0.2) is 0 Å². The molecule has 0 saturated heterocycles. The molecule has 0 heterocycles. The fourth-order valence-corrected chi connectivity index (χ4v) is 3.91. The Balaban J connectivity index is 1.76. The molecule has 3 amide bonds. The van der Waals surface area contributed by atoms with Crippen LogP contribution in [0.25, 0.3) is 0 Å². The van der Waals surface area contributed by atoms with E-state index in [2.05, 4.69) is 29.1 Å². The van der Waals surface area contributed by atoms with E-state index in [1.807, 2.05) is 48.5 Å². The van der Waals surface area contributed by atoms with Gasteiger partial charge in [-0.1, -0.05) is 72.8 Å². The quantitative estimate of drug-likeness (QED) is 0.124. The third-order valence-electron chi connectivity index (χ3n) is 6.00. The Morgan fingerprint density at radius 2 is 1.49 bits per heavy atom. The van der Waals surface area contributed by atoms with Crippen molar-refractivity contribution in [2.24, 2.45) is 5.92 Å². The van der Waals surface area contributed by atoms with Gasteiger partial charge in [-0.05, 0) is 30.4 Å². The SMILES string of the molecule is C=CC[C@H](CC(=O)N[C@@H](CO)Cc1ccccc1)C(=O)NCCOC(=O)[C@@H](CC=C)NC(=O)OCc1ccccc1. The maximum atomic E-state index is 12.7. The fraction of sp³-hybridized carbons (Fsp3) is 0.355. The van der Waals surface area contributed by atoms with E-state index in [1.54, 1.807) is 18.2 Å². The minimum atomic E-state index is -1.00. The largest absolute Gasteiger partial charge is 0.462 e. The second-order valence-corrected chi connectivity index (χ2v) is 9.30. The van der Waals surface area contributed by atoms with Gasteiger partial charge in [0.25, 0.3) is 0 Å². The van der Waals surface area contributed by atoms with Gasteiger partial charge in [0.1, 0.15) is 19.3 Å². The number of aliphatic hydroxyl groups excluding tert-OH is 1. The van der Waals surface area contributed by atoms with Crippen molar-refractivity contribution in [1.29, 1.82) is 0 Å². The summed E-state index contributed by atoms with van der Waals surface area (Å²) in [4.78, 5) is 50.0. The minimum Gasteiger partial charge on any atom is -0.462 e. The lowest BCUT2D eigenvalue weighted by Crippen LogP contribution is -2.43. The second-order valence-electron chi connectivity index (χ2n) is 9.30.